The van der Waals surface area contributed by atoms with E-state index in [-0.39, 0.29) is 5.97 Å². The van der Waals surface area contributed by atoms with Crippen molar-refractivity contribution >= 4 is 22.3 Å². The van der Waals surface area contributed by atoms with Gasteiger partial charge in [-0.1, -0.05) is 0 Å². The van der Waals surface area contributed by atoms with Crippen LogP contribution in [0.5, 0.6) is 0 Å². The number of aromatic nitrogens is 1. The van der Waals surface area contributed by atoms with Crippen LogP contribution in [0.3, 0.4) is 0 Å². The molecule has 4 rings (SSSR count). The van der Waals surface area contributed by atoms with Gasteiger partial charge in [-0.25, -0.2) is 9.78 Å². The Morgan fingerprint density at radius 2 is 2.21 bits per heavy atom. The number of fused-ring (bicyclic) bond motifs is 5. The molecule has 3 aliphatic rings. The normalized spacial score (nSPS) is 38.1. The second kappa shape index (κ2) is 4.20. The van der Waals surface area contributed by atoms with Crippen molar-refractivity contribution in [3.63, 3.8) is 0 Å². The molecule has 0 aliphatic heterocycles. The molecule has 5 heteroatoms. The van der Waals surface area contributed by atoms with Crippen LogP contribution in [0.1, 0.15) is 36.7 Å². The van der Waals surface area contributed by atoms with E-state index in [1.165, 1.54) is 30.6 Å². The summed E-state index contributed by atoms with van der Waals surface area (Å²) >= 11 is 1.51. The van der Waals surface area contributed by atoms with Crippen LogP contribution in [0.2, 0.25) is 0 Å². The summed E-state index contributed by atoms with van der Waals surface area (Å²) in [5.41, 5.74) is 2.19. The van der Waals surface area contributed by atoms with Crippen molar-refractivity contribution in [3.05, 3.63) is 11.2 Å². The first kappa shape index (κ1) is 11.7. The molecular weight excluding hydrogens is 260 g/mol. The maximum Gasteiger partial charge on any atom is 0.360 e. The number of rotatable bonds is 4. The van der Waals surface area contributed by atoms with E-state index in [1.807, 2.05) is 6.92 Å². The molecule has 102 valence electrons. The summed E-state index contributed by atoms with van der Waals surface area (Å²) in [6.07, 6.45) is 4.27. The highest BCUT2D eigenvalue weighted by atomic mass is 32.1. The highest BCUT2D eigenvalue weighted by Gasteiger charge is 2.65. The molecule has 3 aliphatic carbocycles. The standard InChI is InChI=1S/C14H18N2O2S/c1-2-18-14(17)12-13(19-6-15-12)16-11-9-7-3-4-8(5-7)10(9)11/h6-11,16H,2-5H2,1H3. The third-order valence-corrected chi connectivity index (χ3v) is 5.83. The number of thiazole rings is 1. The van der Waals surface area contributed by atoms with Gasteiger partial charge in [0.05, 0.1) is 12.1 Å². The molecular formula is C14H18N2O2S. The van der Waals surface area contributed by atoms with Crippen LogP contribution in [0, 0.1) is 23.7 Å². The highest BCUT2D eigenvalue weighted by Crippen LogP contribution is 2.66. The first-order chi connectivity index (χ1) is 9.29. The summed E-state index contributed by atoms with van der Waals surface area (Å²) in [6.45, 7) is 2.22. The molecule has 1 aromatic rings. The Labute approximate surface area is 116 Å². The number of esters is 1. The van der Waals surface area contributed by atoms with E-state index in [9.17, 15) is 4.79 Å². The van der Waals surface area contributed by atoms with Gasteiger partial charge in [0.1, 0.15) is 5.00 Å². The Hall–Kier alpha value is -1.10. The number of nitrogens with zero attached hydrogens (tertiary/aromatic N) is 1. The maximum atomic E-state index is 11.8. The van der Waals surface area contributed by atoms with Crippen molar-refractivity contribution in [1.29, 1.82) is 0 Å². The van der Waals surface area contributed by atoms with Crippen molar-refractivity contribution in [2.45, 2.75) is 32.2 Å². The van der Waals surface area contributed by atoms with Crippen molar-refractivity contribution in [2.24, 2.45) is 23.7 Å². The van der Waals surface area contributed by atoms with Gasteiger partial charge >= 0.3 is 5.97 Å². The van der Waals surface area contributed by atoms with E-state index in [0.29, 0.717) is 18.3 Å². The van der Waals surface area contributed by atoms with Gasteiger partial charge in [-0.15, -0.1) is 11.3 Å². The Morgan fingerprint density at radius 3 is 2.89 bits per heavy atom. The molecule has 19 heavy (non-hydrogen) atoms. The first-order valence-corrected chi connectivity index (χ1v) is 8.04. The van der Waals surface area contributed by atoms with Crippen LogP contribution >= 0.6 is 11.3 Å². The molecule has 4 atom stereocenters. The number of anilines is 1. The molecule has 1 heterocycles. The van der Waals surface area contributed by atoms with E-state index in [0.717, 1.165) is 28.7 Å². The molecule has 3 saturated carbocycles. The van der Waals surface area contributed by atoms with Crippen LogP contribution in [0.15, 0.2) is 5.51 Å². The minimum absolute atomic E-state index is 0.306. The lowest BCUT2D eigenvalue weighted by molar-refractivity contribution is 0.0521. The average Bonchev–Trinajstić information content (AvgIpc) is 2.80. The number of carbonyl (C=O) groups is 1. The molecule has 4 nitrogen and oxygen atoms in total. The fraction of sp³-hybridized carbons (Fsp3) is 0.714. The zero-order valence-electron chi connectivity index (χ0n) is 11.0. The van der Waals surface area contributed by atoms with Crippen LogP contribution in [0.25, 0.3) is 0 Å². The molecule has 0 amide bonds. The second-order valence-corrected chi connectivity index (χ2v) is 6.76. The second-order valence-electron chi connectivity index (χ2n) is 5.91. The lowest BCUT2D eigenvalue weighted by Crippen LogP contribution is -2.15. The Bertz CT molecular complexity index is 499. The van der Waals surface area contributed by atoms with Gasteiger partial charge in [0.2, 0.25) is 0 Å². The SMILES string of the molecule is CCOC(=O)c1ncsc1NC1C2C3CCC(C3)C12. The number of hydrogen-bond donors (Lipinski definition) is 1. The topological polar surface area (TPSA) is 51.2 Å². The predicted molar refractivity (Wildman–Crippen MR) is 73.3 cm³/mol. The van der Waals surface area contributed by atoms with E-state index < -0.39 is 0 Å². The van der Waals surface area contributed by atoms with Crippen LogP contribution in [0.4, 0.5) is 5.00 Å². The number of ether oxygens (including phenoxy) is 1. The number of carbonyl (C=O) groups excluding carboxylic acids is 1. The van der Waals surface area contributed by atoms with Gasteiger partial charge in [0.25, 0.3) is 0 Å². The van der Waals surface area contributed by atoms with E-state index in [4.69, 9.17) is 4.74 Å². The lowest BCUT2D eigenvalue weighted by atomic mass is 10.0. The summed E-state index contributed by atoms with van der Waals surface area (Å²) in [4.78, 5) is 15.9. The predicted octanol–water partition coefficient (Wildman–Crippen LogP) is 2.78. The average molecular weight is 278 g/mol. The van der Waals surface area contributed by atoms with Gasteiger partial charge in [-0.3, -0.25) is 0 Å². The van der Waals surface area contributed by atoms with Crippen molar-refractivity contribution in [1.82, 2.24) is 4.98 Å². The smallest absolute Gasteiger partial charge is 0.360 e. The summed E-state index contributed by atoms with van der Waals surface area (Å²) in [7, 11) is 0. The molecule has 0 spiro atoms. The van der Waals surface area contributed by atoms with Crippen LogP contribution in [-0.4, -0.2) is 23.6 Å². The molecule has 1 N–H and O–H groups in total. The molecule has 1 aromatic heterocycles. The Kier molecular flexibility index (Phi) is 2.59. The quantitative estimate of drug-likeness (QED) is 0.860. The van der Waals surface area contributed by atoms with E-state index in [2.05, 4.69) is 10.3 Å². The van der Waals surface area contributed by atoms with Gasteiger partial charge in [0.15, 0.2) is 5.69 Å². The number of nitrogens with one attached hydrogen (secondary N) is 1. The van der Waals surface area contributed by atoms with Crippen LogP contribution in [-0.2, 0) is 4.74 Å². The van der Waals surface area contributed by atoms with Crippen molar-refractivity contribution in [3.8, 4) is 0 Å². The summed E-state index contributed by atoms with van der Waals surface area (Å²) < 4.78 is 5.04. The lowest BCUT2D eigenvalue weighted by Gasteiger charge is -2.11. The molecule has 4 unspecified atom stereocenters. The largest absolute Gasteiger partial charge is 0.461 e. The fourth-order valence-electron chi connectivity index (χ4n) is 4.36. The van der Waals surface area contributed by atoms with Gasteiger partial charge < -0.3 is 10.1 Å². The third kappa shape index (κ3) is 1.71. The number of hydrogen-bond acceptors (Lipinski definition) is 5. The van der Waals surface area contributed by atoms with Gasteiger partial charge in [-0.05, 0) is 49.9 Å². The highest BCUT2D eigenvalue weighted by molar-refractivity contribution is 7.14. The van der Waals surface area contributed by atoms with E-state index >= 15 is 0 Å². The first-order valence-electron chi connectivity index (χ1n) is 7.16. The summed E-state index contributed by atoms with van der Waals surface area (Å²) in [5.74, 6) is 3.28. The van der Waals surface area contributed by atoms with Gasteiger partial charge in [-0.2, -0.15) is 0 Å². The molecule has 2 bridgehead atoms. The molecule has 0 radical (unpaired) electrons. The van der Waals surface area contributed by atoms with Crippen molar-refractivity contribution in [2.75, 3.05) is 11.9 Å². The van der Waals surface area contributed by atoms with Crippen LogP contribution < -0.4 is 5.32 Å². The Balaban J connectivity index is 1.47. The summed E-state index contributed by atoms with van der Waals surface area (Å²) in [5, 5.41) is 4.46. The monoisotopic (exact) mass is 278 g/mol. The van der Waals surface area contributed by atoms with E-state index in [1.54, 1.807) is 5.51 Å². The molecule has 0 aromatic carbocycles. The maximum absolute atomic E-state index is 11.8. The fourth-order valence-corrected chi connectivity index (χ4v) is 5.08. The minimum Gasteiger partial charge on any atom is -0.461 e. The van der Waals surface area contributed by atoms with Gasteiger partial charge in [0, 0.05) is 6.04 Å². The summed E-state index contributed by atoms with van der Waals surface area (Å²) in [6, 6.07) is 0.583. The third-order valence-electron chi connectivity index (χ3n) is 5.07. The molecule has 3 fully saturated rings. The van der Waals surface area contributed by atoms with Crippen molar-refractivity contribution < 1.29 is 9.53 Å². The zero-order valence-corrected chi connectivity index (χ0v) is 11.8. The zero-order chi connectivity index (χ0) is 13.0. The molecule has 0 saturated heterocycles. The Morgan fingerprint density at radius 1 is 1.47 bits per heavy atom. The minimum atomic E-state index is -0.306.